The first kappa shape index (κ1) is 21.0. The van der Waals surface area contributed by atoms with Gasteiger partial charge in [-0.1, -0.05) is 24.3 Å². The van der Waals surface area contributed by atoms with Crippen LogP contribution >= 0.6 is 0 Å². The highest BCUT2D eigenvalue weighted by Gasteiger charge is 2.11. The molecule has 0 aliphatic rings. The number of aromatic nitrogens is 4. The minimum atomic E-state index is 0.316. The van der Waals surface area contributed by atoms with Crippen molar-refractivity contribution in [3.63, 3.8) is 0 Å². The van der Waals surface area contributed by atoms with Crippen LogP contribution in [-0.4, -0.2) is 19.9 Å². The van der Waals surface area contributed by atoms with E-state index >= 15 is 0 Å². The fourth-order valence-electron chi connectivity index (χ4n) is 4.17. The van der Waals surface area contributed by atoms with Gasteiger partial charge in [0.15, 0.2) is 0 Å². The molecule has 7 heteroatoms. The number of rotatable bonds is 5. The van der Waals surface area contributed by atoms with Crippen molar-refractivity contribution in [3.05, 3.63) is 89.4 Å². The van der Waals surface area contributed by atoms with Crippen molar-refractivity contribution in [2.45, 2.75) is 27.4 Å². The van der Waals surface area contributed by atoms with Crippen LogP contribution in [0, 0.1) is 20.8 Å². The molecule has 0 atom stereocenters. The fraction of sp³-hybridized carbons (Fsp3) is 0.143. The summed E-state index contributed by atoms with van der Waals surface area (Å²) >= 11 is 0. The molecule has 172 valence electrons. The molecule has 3 heterocycles. The number of para-hydroxylation sites is 1. The molecule has 3 aromatic heterocycles. The van der Waals surface area contributed by atoms with Crippen molar-refractivity contribution in [1.82, 2.24) is 19.9 Å². The van der Waals surface area contributed by atoms with E-state index in [9.17, 15) is 0 Å². The second-order valence-electron chi connectivity index (χ2n) is 8.63. The Labute approximate surface area is 201 Å². The third kappa shape index (κ3) is 4.01. The Bertz CT molecular complexity index is 1690. The summed E-state index contributed by atoms with van der Waals surface area (Å²) in [6.07, 6.45) is 1.75. The third-order valence-electron chi connectivity index (χ3n) is 6.16. The largest absolute Gasteiger partial charge is 0.485 e. The van der Waals surface area contributed by atoms with Gasteiger partial charge in [-0.3, -0.25) is 5.32 Å². The van der Waals surface area contributed by atoms with Crippen LogP contribution in [0.5, 0.6) is 5.75 Å². The van der Waals surface area contributed by atoms with E-state index in [2.05, 4.69) is 51.2 Å². The number of hydrogen-bond donors (Lipinski definition) is 1. The fourth-order valence-corrected chi connectivity index (χ4v) is 4.17. The highest BCUT2D eigenvalue weighted by molar-refractivity contribution is 5.86. The topological polar surface area (TPSA) is 86.0 Å². The molecular weight excluding hydrogens is 438 g/mol. The summed E-state index contributed by atoms with van der Waals surface area (Å²) in [6, 6.07) is 19.9. The number of anilines is 2. The Hall–Kier alpha value is -4.52. The van der Waals surface area contributed by atoms with Gasteiger partial charge in [-0.05, 0) is 68.3 Å². The summed E-state index contributed by atoms with van der Waals surface area (Å²) in [5.41, 5.74) is 5.82. The molecule has 0 bridgehead atoms. The Morgan fingerprint density at radius 1 is 0.800 bits per heavy atom. The lowest BCUT2D eigenvalue weighted by molar-refractivity contribution is 0.277. The number of nitrogens with zero attached hydrogens (tertiary/aromatic N) is 4. The van der Waals surface area contributed by atoms with Crippen molar-refractivity contribution in [3.8, 4) is 5.75 Å². The molecule has 0 aliphatic carbocycles. The molecule has 0 saturated carbocycles. The quantitative estimate of drug-likeness (QED) is 0.311. The molecule has 0 amide bonds. The van der Waals surface area contributed by atoms with E-state index < -0.39 is 0 Å². The number of fused-ring (bicyclic) bond motifs is 3. The van der Waals surface area contributed by atoms with Crippen LogP contribution in [0.1, 0.15) is 22.6 Å². The van der Waals surface area contributed by atoms with Gasteiger partial charge in [-0.15, -0.1) is 0 Å². The van der Waals surface area contributed by atoms with Crippen molar-refractivity contribution >= 4 is 44.7 Å². The molecule has 0 saturated heterocycles. The summed E-state index contributed by atoms with van der Waals surface area (Å²) < 4.78 is 11.9. The molecule has 0 unspecified atom stereocenters. The molecule has 0 fully saturated rings. The smallest absolute Gasteiger partial charge is 0.230 e. The zero-order chi connectivity index (χ0) is 23.9. The zero-order valence-electron chi connectivity index (χ0n) is 19.7. The molecule has 6 rings (SSSR count). The van der Waals surface area contributed by atoms with E-state index in [4.69, 9.17) is 9.15 Å². The molecule has 0 aliphatic heterocycles. The van der Waals surface area contributed by atoms with Crippen LogP contribution in [0.2, 0.25) is 0 Å². The van der Waals surface area contributed by atoms with Gasteiger partial charge in [0.05, 0.1) is 22.1 Å². The number of nitrogens with one attached hydrogen (secondary N) is 1. The Kier molecular flexibility index (Phi) is 5.03. The first-order valence-electron chi connectivity index (χ1n) is 11.4. The maximum absolute atomic E-state index is 6.06. The van der Waals surface area contributed by atoms with Gasteiger partial charge in [0.25, 0.3) is 0 Å². The first-order chi connectivity index (χ1) is 17.0. The van der Waals surface area contributed by atoms with Crippen molar-refractivity contribution in [2.75, 3.05) is 5.32 Å². The minimum Gasteiger partial charge on any atom is -0.485 e. The molecule has 0 spiro atoms. The number of hydrogen-bond acceptors (Lipinski definition) is 7. The van der Waals surface area contributed by atoms with Crippen molar-refractivity contribution in [2.24, 2.45) is 0 Å². The SMILES string of the molecule is Cc1cc2nc(Nc3ncc4c(OCc5cc6ccccc6o5)cccc4n3)nc(C)c2cc1C. The molecule has 3 aromatic carbocycles. The van der Waals surface area contributed by atoms with E-state index in [1.807, 2.05) is 55.5 Å². The van der Waals surface area contributed by atoms with Crippen LogP contribution in [-0.2, 0) is 6.61 Å². The maximum Gasteiger partial charge on any atom is 0.230 e. The van der Waals surface area contributed by atoms with Crippen LogP contribution in [0.3, 0.4) is 0 Å². The average Bonchev–Trinajstić information content (AvgIpc) is 3.27. The third-order valence-corrected chi connectivity index (χ3v) is 6.16. The van der Waals surface area contributed by atoms with Crippen LogP contribution < -0.4 is 10.1 Å². The molecular formula is C28H23N5O2. The second-order valence-corrected chi connectivity index (χ2v) is 8.63. The van der Waals surface area contributed by atoms with E-state index in [0.29, 0.717) is 24.3 Å². The average molecular weight is 462 g/mol. The Morgan fingerprint density at radius 2 is 1.63 bits per heavy atom. The lowest BCUT2D eigenvalue weighted by Crippen LogP contribution is -2.04. The van der Waals surface area contributed by atoms with Crippen LogP contribution in [0.4, 0.5) is 11.9 Å². The monoisotopic (exact) mass is 461 g/mol. The minimum absolute atomic E-state index is 0.316. The highest BCUT2D eigenvalue weighted by atomic mass is 16.5. The van der Waals surface area contributed by atoms with Crippen molar-refractivity contribution in [1.29, 1.82) is 0 Å². The molecule has 6 aromatic rings. The number of benzene rings is 3. The summed E-state index contributed by atoms with van der Waals surface area (Å²) in [6.45, 7) is 6.48. The molecule has 35 heavy (non-hydrogen) atoms. The lowest BCUT2D eigenvalue weighted by Gasteiger charge is -2.10. The van der Waals surface area contributed by atoms with E-state index in [1.54, 1.807) is 6.20 Å². The maximum atomic E-state index is 6.06. The molecule has 0 radical (unpaired) electrons. The Balaban J connectivity index is 1.26. The predicted octanol–water partition coefficient (Wildman–Crippen LogP) is 6.57. The van der Waals surface area contributed by atoms with E-state index in [-0.39, 0.29) is 0 Å². The van der Waals surface area contributed by atoms with Gasteiger partial charge in [0.1, 0.15) is 23.7 Å². The van der Waals surface area contributed by atoms with E-state index in [1.165, 1.54) is 11.1 Å². The van der Waals surface area contributed by atoms with Gasteiger partial charge >= 0.3 is 0 Å². The first-order valence-corrected chi connectivity index (χ1v) is 11.4. The van der Waals surface area contributed by atoms with Gasteiger partial charge in [0, 0.05) is 17.0 Å². The molecule has 7 nitrogen and oxygen atoms in total. The number of aryl methyl sites for hydroxylation is 3. The Morgan fingerprint density at radius 3 is 2.51 bits per heavy atom. The zero-order valence-corrected chi connectivity index (χ0v) is 19.7. The van der Waals surface area contributed by atoms with Gasteiger partial charge in [-0.25, -0.2) is 19.9 Å². The standard InChI is InChI=1S/C28H23N5O2/c1-16-11-21-18(3)30-28(32-24(21)12-17(16)2)33-27-29-14-22-23(31-27)8-6-10-26(22)34-15-20-13-19-7-4-5-9-25(19)35-20/h4-14H,15H2,1-3H3,(H,29,30,31,32,33). The normalized spacial score (nSPS) is 11.4. The summed E-state index contributed by atoms with van der Waals surface area (Å²) in [5.74, 6) is 2.35. The highest BCUT2D eigenvalue weighted by Crippen LogP contribution is 2.28. The summed E-state index contributed by atoms with van der Waals surface area (Å²) in [7, 11) is 0. The summed E-state index contributed by atoms with van der Waals surface area (Å²) in [5, 5.41) is 6.07. The van der Waals surface area contributed by atoms with Crippen LogP contribution in [0.15, 0.2) is 71.3 Å². The van der Waals surface area contributed by atoms with Gasteiger partial charge < -0.3 is 9.15 Å². The summed E-state index contributed by atoms with van der Waals surface area (Å²) in [4.78, 5) is 18.4. The lowest BCUT2D eigenvalue weighted by atomic mass is 10.1. The van der Waals surface area contributed by atoms with Crippen LogP contribution in [0.25, 0.3) is 32.8 Å². The number of ether oxygens (including phenoxy) is 1. The predicted molar refractivity (Wildman–Crippen MR) is 137 cm³/mol. The van der Waals surface area contributed by atoms with Crippen molar-refractivity contribution < 1.29 is 9.15 Å². The van der Waals surface area contributed by atoms with Gasteiger partial charge in [-0.2, -0.15) is 0 Å². The van der Waals surface area contributed by atoms with Gasteiger partial charge in [0.2, 0.25) is 11.9 Å². The van der Waals surface area contributed by atoms with E-state index in [0.717, 1.165) is 44.2 Å². The molecule has 1 N–H and O–H groups in total. The number of furan rings is 1. The second kappa shape index (κ2) is 8.36.